The summed E-state index contributed by atoms with van der Waals surface area (Å²) in [4.78, 5) is 28.9. The van der Waals surface area contributed by atoms with E-state index < -0.39 is 23.7 Å². The second-order valence-electron chi connectivity index (χ2n) is 7.62. The molecular formula is C23H27N3O5. The monoisotopic (exact) mass is 425 g/mol. The molecule has 0 fully saturated rings. The number of carbonyl (C=O) groups excluding carboxylic acids is 2. The SMILES string of the molecule is COc1cc(N)cnc1C#CCC(NC(=O)OC(C)(C)C)C(=O)OCc1ccccc1. The molecule has 0 aliphatic heterocycles. The summed E-state index contributed by atoms with van der Waals surface area (Å²) in [7, 11) is 1.48. The number of alkyl carbamates (subject to hydrolysis) is 1. The van der Waals surface area contributed by atoms with Gasteiger partial charge < -0.3 is 25.3 Å². The van der Waals surface area contributed by atoms with Gasteiger partial charge in [0.25, 0.3) is 0 Å². The fraction of sp³-hybridized carbons (Fsp3) is 0.348. The van der Waals surface area contributed by atoms with Gasteiger partial charge in [-0.2, -0.15) is 0 Å². The van der Waals surface area contributed by atoms with Gasteiger partial charge in [-0.1, -0.05) is 36.3 Å². The number of hydrogen-bond donors (Lipinski definition) is 2. The van der Waals surface area contributed by atoms with E-state index >= 15 is 0 Å². The zero-order valence-electron chi connectivity index (χ0n) is 18.1. The number of nitrogen functional groups attached to an aromatic ring is 1. The minimum atomic E-state index is -1.02. The van der Waals surface area contributed by atoms with Crippen LogP contribution in [0.3, 0.4) is 0 Å². The van der Waals surface area contributed by atoms with Crippen LogP contribution >= 0.6 is 0 Å². The van der Waals surface area contributed by atoms with E-state index in [4.69, 9.17) is 19.9 Å². The Morgan fingerprint density at radius 2 is 1.94 bits per heavy atom. The Morgan fingerprint density at radius 1 is 1.23 bits per heavy atom. The molecule has 2 aromatic rings. The first-order valence-corrected chi connectivity index (χ1v) is 9.66. The van der Waals surface area contributed by atoms with Gasteiger partial charge in [0.15, 0.2) is 11.4 Å². The van der Waals surface area contributed by atoms with Gasteiger partial charge in [0.2, 0.25) is 0 Å². The minimum Gasteiger partial charge on any atom is -0.494 e. The zero-order chi connectivity index (χ0) is 22.9. The van der Waals surface area contributed by atoms with Gasteiger partial charge in [-0.05, 0) is 32.3 Å². The Bertz CT molecular complexity index is 959. The van der Waals surface area contributed by atoms with Gasteiger partial charge in [0.1, 0.15) is 18.2 Å². The third-order valence-electron chi connectivity index (χ3n) is 3.81. The molecule has 1 unspecified atom stereocenters. The van der Waals surface area contributed by atoms with Crippen molar-refractivity contribution in [3.05, 3.63) is 53.9 Å². The highest BCUT2D eigenvalue weighted by Gasteiger charge is 2.25. The molecule has 0 bridgehead atoms. The Balaban J connectivity index is 2.11. The first kappa shape index (κ1) is 23.5. The highest BCUT2D eigenvalue weighted by Crippen LogP contribution is 2.17. The van der Waals surface area contributed by atoms with E-state index in [2.05, 4.69) is 22.1 Å². The highest BCUT2D eigenvalue weighted by atomic mass is 16.6. The zero-order valence-corrected chi connectivity index (χ0v) is 18.1. The van der Waals surface area contributed by atoms with Crippen molar-refractivity contribution in [2.75, 3.05) is 12.8 Å². The molecule has 31 heavy (non-hydrogen) atoms. The van der Waals surface area contributed by atoms with Gasteiger partial charge in [-0.3, -0.25) is 0 Å². The molecule has 2 rings (SSSR count). The number of aromatic nitrogens is 1. The minimum absolute atomic E-state index is 0.0118. The van der Waals surface area contributed by atoms with E-state index in [1.54, 1.807) is 26.8 Å². The van der Waals surface area contributed by atoms with Gasteiger partial charge in [-0.15, -0.1) is 0 Å². The lowest BCUT2D eigenvalue weighted by Crippen LogP contribution is -2.44. The first-order valence-electron chi connectivity index (χ1n) is 9.66. The van der Waals surface area contributed by atoms with E-state index in [-0.39, 0.29) is 13.0 Å². The van der Waals surface area contributed by atoms with E-state index in [0.29, 0.717) is 17.1 Å². The van der Waals surface area contributed by atoms with E-state index in [1.807, 2.05) is 30.3 Å². The van der Waals surface area contributed by atoms with Crippen LogP contribution in [0.2, 0.25) is 0 Å². The largest absolute Gasteiger partial charge is 0.494 e. The number of amides is 1. The quantitative estimate of drug-likeness (QED) is 0.540. The summed E-state index contributed by atoms with van der Waals surface area (Å²) in [6.07, 6.45) is 0.707. The third-order valence-corrected chi connectivity index (χ3v) is 3.81. The number of rotatable bonds is 6. The van der Waals surface area contributed by atoms with Crippen molar-refractivity contribution < 1.29 is 23.8 Å². The predicted molar refractivity (Wildman–Crippen MR) is 116 cm³/mol. The van der Waals surface area contributed by atoms with Gasteiger partial charge >= 0.3 is 12.1 Å². The average molecular weight is 425 g/mol. The molecular weight excluding hydrogens is 398 g/mol. The molecule has 1 aromatic carbocycles. The van der Waals surface area contributed by atoms with Crippen molar-refractivity contribution in [2.24, 2.45) is 0 Å². The molecule has 164 valence electrons. The Kier molecular flexibility index (Phi) is 8.26. The predicted octanol–water partition coefficient (Wildman–Crippen LogP) is 3.05. The van der Waals surface area contributed by atoms with Crippen LogP contribution in [0.4, 0.5) is 10.5 Å². The Labute approximate surface area is 182 Å². The van der Waals surface area contributed by atoms with Gasteiger partial charge in [0.05, 0.1) is 19.0 Å². The summed E-state index contributed by atoms with van der Waals surface area (Å²) >= 11 is 0. The molecule has 3 N–H and O–H groups in total. The molecule has 1 heterocycles. The maximum Gasteiger partial charge on any atom is 0.408 e. The molecule has 0 saturated heterocycles. The molecule has 1 aromatic heterocycles. The van der Waals surface area contributed by atoms with Gasteiger partial charge in [0, 0.05) is 12.5 Å². The summed E-state index contributed by atoms with van der Waals surface area (Å²) in [5, 5.41) is 2.52. The lowest BCUT2D eigenvalue weighted by molar-refractivity contribution is -0.147. The number of esters is 1. The molecule has 1 atom stereocenters. The number of nitrogens with one attached hydrogen (secondary N) is 1. The van der Waals surface area contributed by atoms with E-state index in [0.717, 1.165) is 5.56 Å². The first-order chi connectivity index (χ1) is 14.7. The van der Waals surface area contributed by atoms with Crippen molar-refractivity contribution in [1.29, 1.82) is 0 Å². The number of nitrogens with zero attached hydrogens (tertiary/aromatic N) is 1. The number of nitrogens with two attached hydrogens (primary N) is 1. The summed E-state index contributed by atoms with van der Waals surface area (Å²) in [5.74, 6) is 5.46. The Hall–Kier alpha value is -3.73. The third kappa shape index (κ3) is 8.26. The van der Waals surface area contributed by atoms with Crippen LogP contribution in [-0.4, -0.2) is 35.8 Å². The molecule has 8 heteroatoms. The molecule has 0 aliphatic rings. The molecule has 0 spiro atoms. The number of pyridine rings is 1. The lowest BCUT2D eigenvalue weighted by atomic mass is 10.2. The number of methoxy groups -OCH3 is 1. The maximum absolute atomic E-state index is 12.6. The van der Waals surface area contributed by atoms with Crippen LogP contribution in [0.25, 0.3) is 0 Å². The van der Waals surface area contributed by atoms with Crippen LogP contribution in [0.1, 0.15) is 38.4 Å². The van der Waals surface area contributed by atoms with E-state index in [9.17, 15) is 9.59 Å². The molecule has 0 aliphatic carbocycles. The number of carbonyl (C=O) groups is 2. The van der Waals surface area contributed by atoms with Crippen molar-refractivity contribution in [3.8, 4) is 17.6 Å². The fourth-order valence-electron chi connectivity index (χ4n) is 2.42. The molecule has 1 amide bonds. The second kappa shape index (κ2) is 10.9. The van der Waals surface area contributed by atoms with Crippen molar-refractivity contribution in [3.63, 3.8) is 0 Å². The standard InChI is InChI=1S/C23H27N3O5/c1-23(2,3)31-22(28)26-19(21(27)30-15-16-9-6-5-7-10-16)12-8-11-18-20(29-4)13-17(24)14-25-18/h5-7,9-10,13-14,19H,12,15,24H2,1-4H3,(H,26,28). The van der Waals surface area contributed by atoms with E-state index in [1.165, 1.54) is 13.3 Å². The number of anilines is 1. The summed E-state index contributed by atoms with van der Waals surface area (Å²) < 4.78 is 15.8. The van der Waals surface area contributed by atoms with Crippen LogP contribution in [0.15, 0.2) is 42.6 Å². The van der Waals surface area contributed by atoms with Crippen LogP contribution < -0.4 is 15.8 Å². The van der Waals surface area contributed by atoms with Gasteiger partial charge in [-0.25, -0.2) is 14.6 Å². The normalized spacial score (nSPS) is 11.5. The smallest absolute Gasteiger partial charge is 0.408 e. The lowest BCUT2D eigenvalue weighted by Gasteiger charge is -2.22. The summed E-state index contributed by atoms with van der Waals surface area (Å²) in [6, 6.07) is 9.81. The topological polar surface area (TPSA) is 113 Å². The maximum atomic E-state index is 12.6. The summed E-state index contributed by atoms with van der Waals surface area (Å²) in [5.41, 5.74) is 6.61. The number of hydrogen-bond acceptors (Lipinski definition) is 7. The highest BCUT2D eigenvalue weighted by molar-refractivity contribution is 5.81. The van der Waals surface area contributed by atoms with Crippen LogP contribution in [0.5, 0.6) is 5.75 Å². The second-order valence-corrected chi connectivity index (χ2v) is 7.62. The Morgan fingerprint density at radius 3 is 2.58 bits per heavy atom. The number of ether oxygens (including phenoxy) is 3. The van der Waals surface area contributed by atoms with Crippen molar-refractivity contribution in [1.82, 2.24) is 10.3 Å². The summed E-state index contributed by atoms with van der Waals surface area (Å²) in [6.45, 7) is 5.27. The van der Waals surface area contributed by atoms with Crippen molar-refractivity contribution >= 4 is 17.7 Å². The molecule has 0 saturated carbocycles. The molecule has 0 radical (unpaired) electrons. The van der Waals surface area contributed by atoms with Crippen LogP contribution in [-0.2, 0) is 20.9 Å². The van der Waals surface area contributed by atoms with Crippen LogP contribution in [0, 0.1) is 11.8 Å². The fourth-order valence-corrected chi connectivity index (χ4v) is 2.42. The molecule has 8 nitrogen and oxygen atoms in total. The average Bonchev–Trinajstić information content (AvgIpc) is 2.71. The van der Waals surface area contributed by atoms with Crippen molar-refractivity contribution in [2.45, 2.75) is 45.4 Å². The number of benzene rings is 1.